The number of carboxylic acids is 1. The molecule has 2 N–H and O–H groups in total. The number of hydrogen-bond donors (Lipinski definition) is 2. The molecule has 2 rings (SSSR count). The van der Waals surface area contributed by atoms with Crippen LogP contribution in [-0.2, 0) is 9.59 Å². The molecule has 6 nitrogen and oxygen atoms in total. The van der Waals surface area contributed by atoms with Crippen LogP contribution in [0.1, 0.15) is 22.3 Å². The van der Waals surface area contributed by atoms with Crippen molar-refractivity contribution in [1.82, 2.24) is 10.2 Å². The van der Waals surface area contributed by atoms with Gasteiger partial charge in [-0.3, -0.25) is 14.4 Å². The Hall–Kier alpha value is -2.08. The van der Waals surface area contributed by atoms with Crippen LogP contribution in [0.4, 0.5) is 0 Å². The van der Waals surface area contributed by atoms with E-state index in [2.05, 4.69) is 5.32 Å². The van der Waals surface area contributed by atoms with Gasteiger partial charge in [-0.1, -0.05) is 17.7 Å². The zero-order valence-corrected chi connectivity index (χ0v) is 12.2. The van der Waals surface area contributed by atoms with Crippen molar-refractivity contribution in [3.05, 3.63) is 34.3 Å². The summed E-state index contributed by atoms with van der Waals surface area (Å²) in [4.78, 5) is 36.5. The molecular formula is C14H15ClN2O4. The number of piperazine rings is 1. The Morgan fingerprint density at radius 1 is 1.48 bits per heavy atom. The lowest BCUT2D eigenvalue weighted by molar-refractivity contribution is -0.142. The van der Waals surface area contributed by atoms with Gasteiger partial charge in [-0.15, -0.1) is 0 Å². The lowest BCUT2D eigenvalue weighted by Crippen LogP contribution is -2.57. The van der Waals surface area contributed by atoms with Crippen molar-refractivity contribution in [2.24, 2.45) is 0 Å². The van der Waals surface area contributed by atoms with Crippen molar-refractivity contribution >= 4 is 29.4 Å². The van der Waals surface area contributed by atoms with E-state index < -0.39 is 30.2 Å². The van der Waals surface area contributed by atoms with Crippen molar-refractivity contribution in [3.63, 3.8) is 0 Å². The van der Waals surface area contributed by atoms with E-state index in [9.17, 15) is 14.4 Å². The Labute approximate surface area is 126 Å². The Kier molecular flexibility index (Phi) is 4.47. The minimum Gasteiger partial charge on any atom is -0.481 e. The number of rotatable bonds is 3. The predicted molar refractivity (Wildman–Crippen MR) is 76.3 cm³/mol. The number of nitrogens with one attached hydrogen (secondary N) is 1. The first kappa shape index (κ1) is 15.3. The summed E-state index contributed by atoms with van der Waals surface area (Å²) in [5, 5.41) is 11.9. The highest BCUT2D eigenvalue weighted by Gasteiger charge is 2.35. The van der Waals surface area contributed by atoms with Crippen molar-refractivity contribution in [2.75, 3.05) is 13.1 Å². The third-order valence-electron chi connectivity index (χ3n) is 3.38. The fourth-order valence-electron chi connectivity index (χ4n) is 2.22. The van der Waals surface area contributed by atoms with Gasteiger partial charge in [0, 0.05) is 23.7 Å². The molecule has 1 aromatic rings. The quantitative estimate of drug-likeness (QED) is 0.874. The van der Waals surface area contributed by atoms with Gasteiger partial charge in [0.25, 0.3) is 5.91 Å². The highest BCUT2D eigenvalue weighted by molar-refractivity contribution is 6.31. The summed E-state index contributed by atoms with van der Waals surface area (Å²) in [6, 6.07) is 3.87. The minimum atomic E-state index is -1.13. The zero-order valence-electron chi connectivity index (χ0n) is 11.4. The van der Waals surface area contributed by atoms with E-state index >= 15 is 0 Å². The summed E-state index contributed by atoms with van der Waals surface area (Å²) in [5.74, 6) is -1.97. The number of carbonyl (C=O) groups excluding carboxylic acids is 2. The fourth-order valence-corrected chi connectivity index (χ4v) is 2.40. The topological polar surface area (TPSA) is 86.7 Å². The van der Waals surface area contributed by atoms with Crippen molar-refractivity contribution in [1.29, 1.82) is 0 Å². The van der Waals surface area contributed by atoms with E-state index in [1.807, 2.05) is 6.92 Å². The second-order valence-corrected chi connectivity index (χ2v) is 5.27. The highest BCUT2D eigenvalue weighted by Crippen LogP contribution is 2.20. The molecule has 1 atom stereocenters. The Bertz CT molecular complexity index is 603. The van der Waals surface area contributed by atoms with Gasteiger partial charge < -0.3 is 15.3 Å². The maximum atomic E-state index is 12.5. The number of carbonyl (C=O) groups is 3. The van der Waals surface area contributed by atoms with Crippen LogP contribution in [0.15, 0.2) is 18.2 Å². The fraction of sp³-hybridized carbons (Fsp3) is 0.357. The maximum absolute atomic E-state index is 12.5. The summed E-state index contributed by atoms with van der Waals surface area (Å²) in [6.45, 7) is 2.40. The second-order valence-electron chi connectivity index (χ2n) is 4.87. The van der Waals surface area contributed by atoms with E-state index in [0.717, 1.165) is 5.56 Å². The van der Waals surface area contributed by atoms with Crippen LogP contribution in [-0.4, -0.2) is 46.9 Å². The number of halogens is 1. The molecule has 1 aliphatic heterocycles. The predicted octanol–water partition coefficient (Wildman–Crippen LogP) is 1.06. The molecule has 2 amide bonds. The van der Waals surface area contributed by atoms with Gasteiger partial charge in [0.2, 0.25) is 5.91 Å². The molecule has 0 saturated carbocycles. The number of amides is 2. The standard InChI is InChI=1S/C14H15ClN2O4/c1-8-2-3-9(6-10(8)15)14(21)17-5-4-16-13(20)11(17)7-12(18)19/h2-3,6,11H,4-5,7H2,1H3,(H,16,20)(H,18,19). The summed E-state index contributed by atoms with van der Waals surface area (Å²) in [5.41, 5.74) is 1.18. The molecule has 7 heteroatoms. The van der Waals surface area contributed by atoms with Crippen molar-refractivity contribution < 1.29 is 19.5 Å². The van der Waals surface area contributed by atoms with Crippen LogP contribution in [0, 0.1) is 6.92 Å². The van der Waals surface area contributed by atoms with Crippen LogP contribution < -0.4 is 5.32 Å². The molecule has 1 unspecified atom stereocenters. The molecule has 1 saturated heterocycles. The Morgan fingerprint density at radius 3 is 2.81 bits per heavy atom. The third-order valence-corrected chi connectivity index (χ3v) is 3.79. The van der Waals surface area contributed by atoms with Gasteiger partial charge in [0.15, 0.2) is 0 Å². The molecule has 0 aliphatic carbocycles. The van der Waals surface area contributed by atoms with Gasteiger partial charge in [-0.2, -0.15) is 0 Å². The van der Waals surface area contributed by atoms with Gasteiger partial charge in [-0.25, -0.2) is 0 Å². The summed E-state index contributed by atoms with van der Waals surface area (Å²) in [6.07, 6.45) is -0.419. The highest BCUT2D eigenvalue weighted by atomic mass is 35.5. The second kappa shape index (κ2) is 6.13. The number of hydrogen-bond acceptors (Lipinski definition) is 3. The number of benzene rings is 1. The summed E-state index contributed by atoms with van der Waals surface area (Å²) < 4.78 is 0. The van der Waals surface area contributed by atoms with Gasteiger partial charge in [-0.05, 0) is 24.6 Å². The monoisotopic (exact) mass is 310 g/mol. The maximum Gasteiger partial charge on any atom is 0.305 e. The number of aryl methyl sites for hydroxylation is 1. The van der Waals surface area contributed by atoms with E-state index in [-0.39, 0.29) is 6.54 Å². The third kappa shape index (κ3) is 3.33. The normalized spacial score (nSPS) is 18.3. The van der Waals surface area contributed by atoms with Crippen LogP contribution in [0.3, 0.4) is 0 Å². The molecule has 1 fully saturated rings. The molecule has 0 spiro atoms. The smallest absolute Gasteiger partial charge is 0.305 e. The SMILES string of the molecule is Cc1ccc(C(=O)N2CCNC(=O)C2CC(=O)O)cc1Cl. The first-order valence-electron chi connectivity index (χ1n) is 6.47. The average Bonchev–Trinajstić information content (AvgIpc) is 2.43. The van der Waals surface area contributed by atoms with Gasteiger partial charge >= 0.3 is 5.97 Å². The zero-order chi connectivity index (χ0) is 15.6. The lowest BCUT2D eigenvalue weighted by atomic mass is 10.1. The van der Waals surface area contributed by atoms with Crippen LogP contribution >= 0.6 is 11.6 Å². The molecule has 1 heterocycles. The lowest BCUT2D eigenvalue weighted by Gasteiger charge is -2.34. The van der Waals surface area contributed by atoms with Crippen molar-refractivity contribution in [3.8, 4) is 0 Å². The Morgan fingerprint density at radius 2 is 2.19 bits per heavy atom. The average molecular weight is 311 g/mol. The minimum absolute atomic E-state index is 0.272. The molecule has 0 bridgehead atoms. The Balaban J connectivity index is 2.27. The van der Waals surface area contributed by atoms with Crippen LogP contribution in [0.25, 0.3) is 0 Å². The summed E-state index contributed by atoms with van der Waals surface area (Å²) >= 11 is 6.00. The van der Waals surface area contributed by atoms with Crippen LogP contribution in [0.5, 0.6) is 0 Å². The molecule has 1 aromatic carbocycles. The van der Waals surface area contributed by atoms with Crippen LogP contribution in [0.2, 0.25) is 5.02 Å². The van der Waals surface area contributed by atoms with E-state index in [1.54, 1.807) is 12.1 Å². The van der Waals surface area contributed by atoms with E-state index in [4.69, 9.17) is 16.7 Å². The first-order valence-corrected chi connectivity index (χ1v) is 6.84. The molecular weight excluding hydrogens is 296 g/mol. The number of carboxylic acid groups (broad SMARTS) is 1. The van der Waals surface area contributed by atoms with Gasteiger partial charge in [0.1, 0.15) is 6.04 Å². The summed E-state index contributed by atoms with van der Waals surface area (Å²) in [7, 11) is 0. The molecule has 0 radical (unpaired) electrons. The molecule has 21 heavy (non-hydrogen) atoms. The van der Waals surface area contributed by atoms with E-state index in [1.165, 1.54) is 11.0 Å². The molecule has 0 aromatic heterocycles. The molecule has 1 aliphatic rings. The first-order chi connectivity index (χ1) is 9.90. The van der Waals surface area contributed by atoms with Gasteiger partial charge in [0.05, 0.1) is 6.42 Å². The van der Waals surface area contributed by atoms with Crippen molar-refractivity contribution in [2.45, 2.75) is 19.4 Å². The largest absolute Gasteiger partial charge is 0.481 e. The molecule has 112 valence electrons. The van der Waals surface area contributed by atoms with E-state index in [0.29, 0.717) is 17.1 Å². The number of aliphatic carboxylic acids is 1. The number of nitrogens with zero attached hydrogens (tertiary/aromatic N) is 1.